The number of hydrogen-bond donors (Lipinski definition) is 2. The molecule has 104 valence electrons. The summed E-state index contributed by atoms with van der Waals surface area (Å²) in [5.74, 6) is 3.80. The van der Waals surface area contributed by atoms with Crippen molar-refractivity contribution in [1.82, 2.24) is 5.32 Å². The maximum absolute atomic E-state index is 10.3. The zero-order chi connectivity index (χ0) is 12.5. The summed E-state index contributed by atoms with van der Waals surface area (Å²) in [7, 11) is -2.67. The molecule has 4 nitrogen and oxygen atoms in total. The molecule has 5 heteroatoms. The molecule has 0 radical (unpaired) electrons. The van der Waals surface area contributed by atoms with Gasteiger partial charge in [-0.15, -0.1) is 0 Å². The number of thiol groups is 1. The number of nitrogens with one attached hydrogen (secondary N) is 1. The molecule has 0 aliphatic heterocycles. The van der Waals surface area contributed by atoms with E-state index in [9.17, 15) is 8.42 Å². The lowest BCUT2D eigenvalue weighted by Gasteiger charge is -2.54. The first-order valence-corrected chi connectivity index (χ1v) is 8.32. The Balaban J connectivity index is 1.43. The predicted molar refractivity (Wildman–Crippen MR) is 69.7 cm³/mol. The van der Waals surface area contributed by atoms with Gasteiger partial charge in [-0.1, -0.05) is 0 Å². The molecule has 0 aromatic rings. The molecule has 0 saturated heterocycles. The van der Waals surface area contributed by atoms with Gasteiger partial charge < -0.3 is 5.32 Å². The summed E-state index contributed by atoms with van der Waals surface area (Å²) in [5, 5.41) is 3.66. The Bertz CT molecular complexity index is 333. The molecule has 4 saturated carbocycles. The summed E-state index contributed by atoms with van der Waals surface area (Å²) in [5.41, 5.74) is 0. The molecule has 0 unspecified atom stereocenters. The van der Waals surface area contributed by atoms with Gasteiger partial charge in [0.1, 0.15) is 0 Å². The molecule has 0 aromatic heterocycles. The van der Waals surface area contributed by atoms with Gasteiger partial charge in [-0.25, -0.2) is 8.42 Å². The third-order valence-corrected chi connectivity index (χ3v) is 5.52. The van der Waals surface area contributed by atoms with Gasteiger partial charge in [0, 0.05) is 6.04 Å². The van der Waals surface area contributed by atoms with Crippen LogP contribution in [0.15, 0.2) is 0 Å². The van der Waals surface area contributed by atoms with Gasteiger partial charge in [0.05, 0.1) is 6.61 Å². The van der Waals surface area contributed by atoms with E-state index < -0.39 is 11.0 Å². The number of hydrogen-bond acceptors (Lipinski definition) is 4. The Morgan fingerprint density at radius 1 is 1.00 bits per heavy atom. The van der Waals surface area contributed by atoms with E-state index in [4.69, 9.17) is 0 Å². The normalized spacial score (nSPS) is 41.7. The largest absolute Gasteiger partial charge is 0.313 e. The summed E-state index contributed by atoms with van der Waals surface area (Å²) in [6.45, 7) is 1.20. The minimum Gasteiger partial charge on any atom is -0.313 e. The Labute approximate surface area is 111 Å². The second-order valence-electron chi connectivity index (χ2n) is 6.32. The first-order chi connectivity index (χ1) is 8.72. The van der Waals surface area contributed by atoms with Crippen LogP contribution in [0.3, 0.4) is 0 Å². The Kier molecular flexibility index (Phi) is 3.91. The molecule has 0 spiro atoms. The molecule has 1 N–H and O–H groups in total. The molecule has 0 aromatic carbocycles. The van der Waals surface area contributed by atoms with Gasteiger partial charge in [0.25, 0.3) is 11.0 Å². The number of rotatable bonds is 6. The van der Waals surface area contributed by atoms with Crippen molar-refractivity contribution in [2.24, 2.45) is 23.7 Å². The fourth-order valence-electron chi connectivity index (χ4n) is 4.74. The topological polar surface area (TPSA) is 55.4 Å². The highest BCUT2D eigenvalue weighted by molar-refractivity contribution is 7.67. The monoisotopic (exact) mass is 273 g/mol. The van der Waals surface area contributed by atoms with Gasteiger partial charge in [0.15, 0.2) is 0 Å². The second-order valence-corrected chi connectivity index (χ2v) is 7.03. The van der Waals surface area contributed by atoms with Crippen molar-refractivity contribution in [1.29, 1.82) is 0 Å². The summed E-state index contributed by atoms with van der Waals surface area (Å²) >= 11 is 0. The average molecular weight is 273 g/mol. The standard InChI is InChI=1S/C13H23NO3S/c15-18(16)17-3-1-2-14-13-11-5-9-4-10(7-11)8-12(13)6-9/h9-14,18H,1-8H2. The minimum atomic E-state index is -2.67. The molecular weight excluding hydrogens is 250 g/mol. The van der Waals surface area contributed by atoms with E-state index in [1.165, 1.54) is 32.1 Å². The maximum Gasteiger partial charge on any atom is 0.257 e. The van der Waals surface area contributed by atoms with Crippen molar-refractivity contribution in [3.63, 3.8) is 0 Å². The first kappa shape index (κ1) is 12.9. The van der Waals surface area contributed by atoms with Crippen LogP contribution in [0.25, 0.3) is 0 Å². The van der Waals surface area contributed by atoms with Crippen LogP contribution in [0, 0.1) is 23.7 Å². The molecule has 4 aliphatic rings. The summed E-state index contributed by atoms with van der Waals surface area (Å²) in [6.07, 6.45) is 7.97. The van der Waals surface area contributed by atoms with Crippen molar-refractivity contribution >= 4 is 11.0 Å². The molecular formula is C13H23NO3S. The van der Waals surface area contributed by atoms with E-state index in [0.717, 1.165) is 36.6 Å². The highest BCUT2D eigenvalue weighted by Gasteiger charge is 2.47. The zero-order valence-corrected chi connectivity index (χ0v) is 11.6. The summed E-state index contributed by atoms with van der Waals surface area (Å²) in [6, 6.07) is 0.693. The van der Waals surface area contributed by atoms with Crippen molar-refractivity contribution in [2.45, 2.75) is 44.6 Å². The van der Waals surface area contributed by atoms with E-state index in [2.05, 4.69) is 9.50 Å². The maximum atomic E-state index is 10.3. The van der Waals surface area contributed by atoms with Gasteiger partial charge in [0.2, 0.25) is 0 Å². The lowest BCUT2D eigenvalue weighted by atomic mass is 9.54. The fourth-order valence-corrected chi connectivity index (χ4v) is 5.02. The van der Waals surface area contributed by atoms with Crippen LogP contribution in [0.4, 0.5) is 0 Å². The van der Waals surface area contributed by atoms with Crippen LogP contribution in [0.1, 0.15) is 38.5 Å². The molecule has 4 fully saturated rings. The third-order valence-electron chi connectivity index (χ3n) is 5.12. The Hall–Kier alpha value is -0.130. The van der Waals surface area contributed by atoms with Crippen LogP contribution in [-0.2, 0) is 15.2 Å². The Morgan fingerprint density at radius 3 is 2.17 bits per heavy atom. The van der Waals surface area contributed by atoms with Crippen molar-refractivity contribution in [3.8, 4) is 0 Å². The molecule has 4 aliphatic carbocycles. The van der Waals surface area contributed by atoms with E-state index >= 15 is 0 Å². The van der Waals surface area contributed by atoms with Crippen LogP contribution in [0.5, 0.6) is 0 Å². The van der Waals surface area contributed by atoms with Crippen LogP contribution < -0.4 is 5.32 Å². The van der Waals surface area contributed by atoms with Gasteiger partial charge in [-0.3, -0.25) is 4.18 Å². The van der Waals surface area contributed by atoms with Gasteiger partial charge in [-0.05, 0) is 68.7 Å². The quantitative estimate of drug-likeness (QED) is 0.566. The second kappa shape index (κ2) is 5.47. The minimum absolute atomic E-state index is 0.318. The predicted octanol–water partition coefficient (Wildman–Crippen LogP) is 1.33. The van der Waals surface area contributed by atoms with Crippen LogP contribution in [-0.4, -0.2) is 27.6 Å². The van der Waals surface area contributed by atoms with E-state index in [1.54, 1.807) is 0 Å². The van der Waals surface area contributed by atoms with E-state index in [-0.39, 0.29) is 0 Å². The molecule has 4 bridgehead atoms. The first-order valence-electron chi connectivity index (χ1n) is 7.23. The third kappa shape index (κ3) is 2.73. The molecule has 18 heavy (non-hydrogen) atoms. The molecule has 0 heterocycles. The van der Waals surface area contributed by atoms with E-state index in [1.807, 2.05) is 0 Å². The molecule has 0 atom stereocenters. The van der Waals surface area contributed by atoms with Crippen LogP contribution >= 0.6 is 0 Å². The highest BCUT2D eigenvalue weighted by Crippen LogP contribution is 2.53. The Morgan fingerprint density at radius 2 is 1.61 bits per heavy atom. The highest BCUT2D eigenvalue weighted by atomic mass is 32.2. The van der Waals surface area contributed by atoms with Crippen LogP contribution in [0.2, 0.25) is 0 Å². The van der Waals surface area contributed by atoms with Crippen molar-refractivity contribution < 1.29 is 12.6 Å². The summed E-state index contributed by atoms with van der Waals surface area (Å²) in [4.78, 5) is 0. The fraction of sp³-hybridized carbons (Fsp3) is 1.00. The summed E-state index contributed by atoms with van der Waals surface area (Å²) < 4.78 is 25.1. The lowest BCUT2D eigenvalue weighted by molar-refractivity contribution is -0.0137. The molecule has 4 rings (SSSR count). The van der Waals surface area contributed by atoms with Gasteiger partial charge >= 0.3 is 0 Å². The lowest BCUT2D eigenvalue weighted by Crippen LogP contribution is -2.54. The van der Waals surface area contributed by atoms with E-state index in [0.29, 0.717) is 12.6 Å². The average Bonchev–Trinajstić information content (AvgIpc) is 2.30. The van der Waals surface area contributed by atoms with Gasteiger partial charge in [-0.2, -0.15) is 0 Å². The van der Waals surface area contributed by atoms with Crippen molar-refractivity contribution in [2.75, 3.05) is 13.2 Å². The molecule has 0 amide bonds. The smallest absolute Gasteiger partial charge is 0.257 e. The SMILES string of the molecule is O=[SH](=O)OCCCNC1C2CC3CC(C2)CC1C3. The van der Waals surface area contributed by atoms with Crippen molar-refractivity contribution in [3.05, 3.63) is 0 Å². The zero-order valence-electron chi connectivity index (χ0n) is 10.7.